The summed E-state index contributed by atoms with van der Waals surface area (Å²) in [5, 5.41) is 0.832. The van der Waals surface area contributed by atoms with Gasteiger partial charge in [0, 0.05) is 23.8 Å². The molecule has 0 bridgehead atoms. The van der Waals surface area contributed by atoms with Crippen molar-refractivity contribution in [3.8, 4) is 0 Å². The van der Waals surface area contributed by atoms with Gasteiger partial charge in [-0.25, -0.2) is 0 Å². The Morgan fingerprint density at radius 1 is 1.00 bits per heavy atom. The lowest BCUT2D eigenvalue weighted by molar-refractivity contribution is 0.341. The van der Waals surface area contributed by atoms with Crippen molar-refractivity contribution in [2.24, 2.45) is 5.41 Å². The summed E-state index contributed by atoms with van der Waals surface area (Å²) in [4.78, 5) is 2.53. The van der Waals surface area contributed by atoms with E-state index in [2.05, 4.69) is 17.0 Å². The van der Waals surface area contributed by atoms with Gasteiger partial charge in [0.2, 0.25) is 0 Å². The summed E-state index contributed by atoms with van der Waals surface area (Å²) in [5.74, 6) is 0. The average molecular weight is 236 g/mol. The molecule has 16 heavy (non-hydrogen) atoms. The van der Waals surface area contributed by atoms with Gasteiger partial charge in [0.25, 0.3) is 0 Å². The van der Waals surface area contributed by atoms with Crippen molar-refractivity contribution in [3.63, 3.8) is 0 Å². The van der Waals surface area contributed by atoms with E-state index < -0.39 is 0 Å². The Bertz CT molecular complexity index is 365. The highest BCUT2D eigenvalue weighted by molar-refractivity contribution is 6.30. The van der Waals surface area contributed by atoms with Gasteiger partial charge in [-0.3, -0.25) is 0 Å². The van der Waals surface area contributed by atoms with Crippen molar-refractivity contribution in [2.75, 3.05) is 18.0 Å². The van der Waals surface area contributed by atoms with Gasteiger partial charge in [-0.1, -0.05) is 24.4 Å². The molecule has 0 aromatic heterocycles. The molecule has 3 rings (SSSR count). The molecule has 0 atom stereocenters. The zero-order valence-corrected chi connectivity index (χ0v) is 10.3. The molecule has 2 heteroatoms. The van der Waals surface area contributed by atoms with E-state index >= 15 is 0 Å². The first-order valence-corrected chi connectivity index (χ1v) is 6.66. The maximum absolute atomic E-state index is 5.92. The highest BCUT2D eigenvalue weighted by atomic mass is 35.5. The van der Waals surface area contributed by atoms with Crippen LogP contribution in [-0.4, -0.2) is 13.1 Å². The van der Waals surface area contributed by atoms with Crippen molar-refractivity contribution in [1.29, 1.82) is 0 Å². The number of benzene rings is 1. The molecule has 0 amide bonds. The van der Waals surface area contributed by atoms with E-state index in [0.717, 1.165) is 5.02 Å². The van der Waals surface area contributed by atoms with E-state index in [1.807, 2.05) is 12.1 Å². The first-order chi connectivity index (χ1) is 7.77. The summed E-state index contributed by atoms with van der Waals surface area (Å²) in [6, 6.07) is 8.29. The second-order valence-corrected chi connectivity index (χ2v) is 5.79. The van der Waals surface area contributed by atoms with Crippen LogP contribution in [0.1, 0.15) is 32.1 Å². The fourth-order valence-corrected chi connectivity index (χ4v) is 3.47. The van der Waals surface area contributed by atoms with Crippen LogP contribution >= 0.6 is 11.6 Å². The molecule has 1 saturated heterocycles. The average Bonchev–Trinajstić information content (AvgIpc) is 2.91. The normalized spacial score (nSPS) is 23.2. The second kappa shape index (κ2) is 3.96. The Hall–Kier alpha value is -0.690. The first kappa shape index (κ1) is 10.5. The molecular formula is C14H18ClN. The summed E-state index contributed by atoms with van der Waals surface area (Å²) in [7, 11) is 0. The highest BCUT2D eigenvalue weighted by Crippen LogP contribution is 2.46. The molecule has 1 nitrogen and oxygen atoms in total. The number of nitrogens with zero attached hydrogens (tertiary/aromatic N) is 1. The molecule has 1 aromatic rings. The molecule has 1 heterocycles. The number of anilines is 1. The Labute approximate surface area is 102 Å². The summed E-state index contributed by atoms with van der Waals surface area (Å²) < 4.78 is 0. The predicted octanol–water partition coefficient (Wildman–Crippen LogP) is 4.11. The lowest BCUT2D eigenvalue weighted by atomic mass is 9.86. The molecule has 1 aliphatic carbocycles. The Balaban J connectivity index is 1.75. The fraction of sp³-hybridized carbons (Fsp3) is 0.571. The summed E-state index contributed by atoms with van der Waals surface area (Å²) in [6.45, 7) is 2.48. The number of hydrogen-bond donors (Lipinski definition) is 0. The van der Waals surface area contributed by atoms with Crippen molar-refractivity contribution in [3.05, 3.63) is 29.3 Å². The van der Waals surface area contributed by atoms with Gasteiger partial charge >= 0.3 is 0 Å². The van der Waals surface area contributed by atoms with Gasteiger partial charge in [0.15, 0.2) is 0 Å². The molecule has 2 fully saturated rings. The molecule has 0 unspecified atom stereocenters. The van der Waals surface area contributed by atoms with Gasteiger partial charge in [-0.15, -0.1) is 0 Å². The van der Waals surface area contributed by atoms with E-state index in [9.17, 15) is 0 Å². The smallest absolute Gasteiger partial charge is 0.0407 e. The summed E-state index contributed by atoms with van der Waals surface area (Å²) >= 11 is 5.92. The monoisotopic (exact) mass is 235 g/mol. The fourth-order valence-electron chi connectivity index (χ4n) is 3.34. The van der Waals surface area contributed by atoms with Crippen LogP contribution in [-0.2, 0) is 0 Å². The maximum atomic E-state index is 5.92. The largest absolute Gasteiger partial charge is 0.371 e. The third-order valence-corrected chi connectivity index (χ3v) is 4.55. The minimum atomic E-state index is 0.652. The van der Waals surface area contributed by atoms with E-state index in [0.29, 0.717) is 5.41 Å². The van der Waals surface area contributed by atoms with E-state index in [1.165, 1.54) is 50.9 Å². The van der Waals surface area contributed by atoms with Gasteiger partial charge in [0.05, 0.1) is 0 Å². The minimum absolute atomic E-state index is 0.652. The van der Waals surface area contributed by atoms with Crippen LogP contribution in [0.5, 0.6) is 0 Å². The summed E-state index contributed by atoms with van der Waals surface area (Å²) in [6.07, 6.45) is 7.15. The molecule has 0 radical (unpaired) electrons. The van der Waals surface area contributed by atoms with Crippen LogP contribution in [0.4, 0.5) is 5.69 Å². The van der Waals surface area contributed by atoms with Crippen molar-refractivity contribution in [2.45, 2.75) is 32.1 Å². The molecule has 0 N–H and O–H groups in total. The Morgan fingerprint density at radius 2 is 1.69 bits per heavy atom. The van der Waals surface area contributed by atoms with Crippen LogP contribution in [0, 0.1) is 5.41 Å². The minimum Gasteiger partial charge on any atom is -0.371 e. The molecule has 1 aliphatic heterocycles. The Kier molecular flexibility index (Phi) is 2.59. The third kappa shape index (κ3) is 1.82. The van der Waals surface area contributed by atoms with Crippen LogP contribution in [0.2, 0.25) is 5.02 Å². The zero-order chi connectivity index (χ0) is 11.0. The van der Waals surface area contributed by atoms with Crippen LogP contribution < -0.4 is 4.90 Å². The number of halogens is 1. The lowest BCUT2D eigenvalue weighted by Gasteiger charge is -2.24. The summed E-state index contributed by atoms with van der Waals surface area (Å²) in [5.41, 5.74) is 1.99. The second-order valence-electron chi connectivity index (χ2n) is 5.36. The van der Waals surface area contributed by atoms with Gasteiger partial charge in [-0.05, 0) is 48.9 Å². The molecule has 2 aliphatic rings. The molecule has 1 spiro atoms. The van der Waals surface area contributed by atoms with Gasteiger partial charge in [0.1, 0.15) is 0 Å². The van der Waals surface area contributed by atoms with Crippen molar-refractivity contribution >= 4 is 17.3 Å². The first-order valence-electron chi connectivity index (χ1n) is 6.28. The third-order valence-electron chi connectivity index (χ3n) is 4.29. The quantitative estimate of drug-likeness (QED) is 0.708. The maximum Gasteiger partial charge on any atom is 0.0407 e. The molecule has 1 aromatic carbocycles. The van der Waals surface area contributed by atoms with E-state index in [-0.39, 0.29) is 0 Å². The Morgan fingerprint density at radius 3 is 2.38 bits per heavy atom. The van der Waals surface area contributed by atoms with Crippen LogP contribution in [0.25, 0.3) is 0 Å². The van der Waals surface area contributed by atoms with E-state index in [1.54, 1.807) is 0 Å². The van der Waals surface area contributed by atoms with Crippen LogP contribution in [0.3, 0.4) is 0 Å². The van der Waals surface area contributed by atoms with Gasteiger partial charge < -0.3 is 4.90 Å². The van der Waals surface area contributed by atoms with Crippen molar-refractivity contribution in [1.82, 2.24) is 0 Å². The lowest BCUT2D eigenvalue weighted by Crippen LogP contribution is -2.24. The van der Waals surface area contributed by atoms with E-state index in [4.69, 9.17) is 11.6 Å². The highest BCUT2D eigenvalue weighted by Gasteiger charge is 2.40. The number of hydrogen-bond acceptors (Lipinski definition) is 1. The van der Waals surface area contributed by atoms with Crippen molar-refractivity contribution < 1.29 is 0 Å². The predicted molar refractivity (Wildman–Crippen MR) is 69.2 cm³/mol. The van der Waals surface area contributed by atoms with Crippen LogP contribution in [0.15, 0.2) is 24.3 Å². The molecule has 1 saturated carbocycles. The molecular weight excluding hydrogens is 218 g/mol. The standard InChI is InChI=1S/C14H18ClN/c15-12-3-5-13(6-4-12)16-10-9-14(11-16)7-1-2-8-14/h3-6H,1-2,7-11H2. The number of rotatable bonds is 1. The molecule has 86 valence electrons. The zero-order valence-electron chi connectivity index (χ0n) is 9.58. The SMILES string of the molecule is Clc1ccc(N2CCC3(CCCC3)C2)cc1. The topological polar surface area (TPSA) is 3.24 Å². The van der Waals surface area contributed by atoms with Gasteiger partial charge in [-0.2, -0.15) is 0 Å².